The lowest BCUT2D eigenvalue weighted by molar-refractivity contribution is 0.0778. The molecule has 138 valence electrons. The quantitative estimate of drug-likeness (QED) is 0.671. The van der Waals surface area contributed by atoms with Crippen LogP contribution in [0.2, 0.25) is 5.02 Å². The van der Waals surface area contributed by atoms with Gasteiger partial charge >= 0.3 is 0 Å². The highest BCUT2D eigenvalue weighted by atomic mass is 35.5. The molecule has 0 saturated carbocycles. The van der Waals surface area contributed by atoms with Gasteiger partial charge in [0.15, 0.2) is 5.69 Å². The molecule has 2 aromatic carbocycles. The van der Waals surface area contributed by atoms with Gasteiger partial charge in [-0.2, -0.15) is 0 Å². The van der Waals surface area contributed by atoms with Gasteiger partial charge in [-0.05, 0) is 41.8 Å². The largest absolute Gasteiger partial charge is 0.368 e. The van der Waals surface area contributed by atoms with E-state index in [2.05, 4.69) is 15.5 Å². The van der Waals surface area contributed by atoms with E-state index in [0.29, 0.717) is 18.1 Å². The van der Waals surface area contributed by atoms with Crippen molar-refractivity contribution in [1.29, 1.82) is 0 Å². The first-order chi connectivity index (χ1) is 13.1. The Labute approximate surface area is 164 Å². The van der Waals surface area contributed by atoms with Gasteiger partial charge in [-0.15, -0.1) is 10.2 Å². The molecule has 0 bridgehead atoms. The van der Waals surface area contributed by atoms with Crippen molar-refractivity contribution in [1.82, 2.24) is 15.1 Å². The Balaban J connectivity index is 1.51. The Hall–Kier alpha value is -2.92. The van der Waals surface area contributed by atoms with Crippen LogP contribution < -0.4 is 5.32 Å². The highest BCUT2D eigenvalue weighted by molar-refractivity contribution is 6.30. The molecule has 27 heavy (non-hydrogen) atoms. The van der Waals surface area contributed by atoms with Crippen molar-refractivity contribution >= 4 is 23.3 Å². The minimum Gasteiger partial charge on any atom is -0.368 e. The van der Waals surface area contributed by atoms with Gasteiger partial charge in [-0.3, -0.25) is 4.79 Å². The van der Waals surface area contributed by atoms with Crippen LogP contribution in [-0.2, 0) is 13.0 Å². The molecule has 1 heterocycles. The molecule has 3 rings (SSSR count). The van der Waals surface area contributed by atoms with Gasteiger partial charge in [-0.25, -0.2) is 0 Å². The van der Waals surface area contributed by atoms with Crippen LogP contribution in [0.4, 0.5) is 5.82 Å². The standard InChI is InChI=1S/C21H21ClN4O/c1-26(15-17-5-3-2-4-6-17)21(27)19-11-12-20(25-24-19)23-14-13-16-7-9-18(22)10-8-16/h2-12H,13-15H2,1H3,(H,23,25). The molecule has 0 fully saturated rings. The van der Waals surface area contributed by atoms with Crippen molar-refractivity contribution in [2.45, 2.75) is 13.0 Å². The van der Waals surface area contributed by atoms with Gasteiger partial charge in [0.1, 0.15) is 5.82 Å². The minimum absolute atomic E-state index is 0.154. The number of hydrogen-bond acceptors (Lipinski definition) is 4. The van der Waals surface area contributed by atoms with Gasteiger partial charge in [0.25, 0.3) is 5.91 Å². The summed E-state index contributed by atoms with van der Waals surface area (Å²) in [7, 11) is 1.76. The first kappa shape index (κ1) is 18.9. The van der Waals surface area contributed by atoms with Crippen molar-refractivity contribution < 1.29 is 4.79 Å². The SMILES string of the molecule is CN(Cc1ccccc1)C(=O)c1ccc(NCCc2ccc(Cl)cc2)nn1. The zero-order valence-electron chi connectivity index (χ0n) is 15.1. The fourth-order valence-corrected chi connectivity index (χ4v) is 2.78. The molecule has 0 aliphatic heterocycles. The van der Waals surface area contributed by atoms with Crippen LogP contribution in [0.25, 0.3) is 0 Å². The van der Waals surface area contributed by atoms with E-state index in [4.69, 9.17) is 11.6 Å². The number of carbonyl (C=O) groups is 1. The predicted octanol–water partition coefficient (Wildman–Crippen LogP) is 4.06. The normalized spacial score (nSPS) is 10.4. The van der Waals surface area contributed by atoms with E-state index < -0.39 is 0 Å². The number of nitrogens with one attached hydrogen (secondary N) is 1. The lowest BCUT2D eigenvalue weighted by Gasteiger charge is -2.16. The van der Waals surface area contributed by atoms with Crippen molar-refractivity contribution in [3.05, 3.63) is 88.6 Å². The number of halogens is 1. The summed E-state index contributed by atoms with van der Waals surface area (Å²) >= 11 is 5.88. The number of nitrogens with zero attached hydrogens (tertiary/aromatic N) is 3. The number of carbonyl (C=O) groups excluding carboxylic acids is 1. The van der Waals surface area contributed by atoms with Gasteiger partial charge in [-0.1, -0.05) is 54.1 Å². The topological polar surface area (TPSA) is 58.1 Å². The average Bonchev–Trinajstić information content (AvgIpc) is 2.70. The van der Waals surface area contributed by atoms with E-state index in [1.165, 1.54) is 5.56 Å². The fourth-order valence-electron chi connectivity index (χ4n) is 2.65. The molecule has 1 aromatic heterocycles. The summed E-state index contributed by atoms with van der Waals surface area (Å²) < 4.78 is 0. The maximum absolute atomic E-state index is 12.5. The van der Waals surface area contributed by atoms with E-state index in [9.17, 15) is 4.79 Å². The number of rotatable bonds is 7. The van der Waals surface area contributed by atoms with Gasteiger partial charge < -0.3 is 10.2 Å². The van der Waals surface area contributed by atoms with Crippen LogP contribution in [0.3, 0.4) is 0 Å². The highest BCUT2D eigenvalue weighted by Gasteiger charge is 2.14. The van der Waals surface area contributed by atoms with Crippen LogP contribution >= 0.6 is 11.6 Å². The number of anilines is 1. The van der Waals surface area contributed by atoms with E-state index in [1.54, 1.807) is 24.1 Å². The minimum atomic E-state index is -0.154. The zero-order chi connectivity index (χ0) is 19.1. The Morgan fingerprint density at radius 1 is 0.963 bits per heavy atom. The molecule has 5 nitrogen and oxygen atoms in total. The summed E-state index contributed by atoms with van der Waals surface area (Å²) in [5.41, 5.74) is 2.59. The Morgan fingerprint density at radius 3 is 2.37 bits per heavy atom. The molecule has 0 atom stereocenters. The van der Waals surface area contributed by atoms with Crippen LogP contribution in [0.1, 0.15) is 21.6 Å². The smallest absolute Gasteiger partial charge is 0.274 e. The van der Waals surface area contributed by atoms with Gasteiger partial charge in [0.2, 0.25) is 0 Å². The molecule has 0 radical (unpaired) electrons. The van der Waals surface area contributed by atoms with E-state index >= 15 is 0 Å². The van der Waals surface area contributed by atoms with Crippen LogP contribution in [0, 0.1) is 0 Å². The molecule has 6 heteroatoms. The zero-order valence-corrected chi connectivity index (χ0v) is 15.9. The lowest BCUT2D eigenvalue weighted by atomic mass is 10.1. The number of benzene rings is 2. The average molecular weight is 381 g/mol. The molecule has 1 amide bonds. The first-order valence-corrected chi connectivity index (χ1v) is 9.11. The van der Waals surface area contributed by atoms with Crippen molar-refractivity contribution in [3.8, 4) is 0 Å². The third kappa shape index (κ3) is 5.53. The summed E-state index contributed by atoms with van der Waals surface area (Å²) in [6, 6.07) is 21.1. The molecule has 1 N–H and O–H groups in total. The van der Waals surface area contributed by atoms with Crippen LogP contribution in [0.5, 0.6) is 0 Å². The van der Waals surface area contributed by atoms with E-state index in [-0.39, 0.29) is 5.91 Å². The monoisotopic (exact) mass is 380 g/mol. The molecular weight excluding hydrogens is 360 g/mol. The summed E-state index contributed by atoms with van der Waals surface area (Å²) in [5.74, 6) is 0.491. The molecule has 0 aliphatic carbocycles. The van der Waals surface area contributed by atoms with Crippen molar-refractivity contribution in [2.24, 2.45) is 0 Å². The molecule has 0 unspecified atom stereocenters. The van der Waals surface area contributed by atoms with Crippen LogP contribution in [0.15, 0.2) is 66.7 Å². The molecule has 0 aliphatic rings. The number of amides is 1. The molecule has 3 aromatic rings. The van der Waals surface area contributed by atoms with E-state index in [1.807, 2.05) is 54.6 Å². The third-order valence-corrected chi connectivity index (χ3v) is 4.38. The Bertz CT molecular complexity index is 867. The first-order valence-electron chi connectivity index (χ1n) is 8.73. The van der Waals surface area contributed by atoms with Gasteiger partial charge in [0, 0.05) is 25.2 Å². The van der Waals surface area contributed by atoms with Crippen LogP contribution in [-0.4, -0.2) is 34.6 Å². The molecule has 0 spiro atoms. The lowest BCUT2D eigenvalue weighted by Crippen LogP contribution is -2.27. The molecular formula is C21H21ClN4O. The second kappa shape index (κ2) is 9.14. The van der Waals surface area contributed by atoms with Gasteiger partial charge in [0.05, 0.1) is 0 Å². The third-order valence-electron chi connectivity index (χ3n) is 4.13. The maximum atomic E-state index is 12.5. The van der Waals surface area contributed by atoms with E-state index in [0.717, 1.165) is 23.6 Å². The number of aromatic nitrogens is 2. The Morgan fingerprint density at radius 2 is 1.70 bits per heavy atom. The fraction of sp³-hybridized carbons (Fsp3) is 0.190. The summed E-state index contributed by atoms with van der Waals surface area (Å²) in [4.78, 5) is 14.1. The second-order valence-electron chi connectivity index (χ2n) is 6.25. The predicted molar refractivity (Wildman–Crippen MR) is 108 cm³/mol. The summed E-state index contributed by atoms with van der Waals surface area (Å²) in [6.07, 6.45) is 0.847. The second-order valence-corrected chi connectivity index (χ2v) is 6.69. The maximum Gasteiger partial charge on any atom is 0.274 e. The summed E-state index contributed by atoms with van der Waals surface area (Å²) in [6.45, 7) is 1.25. The van der Waals surface area contributed by atoms with Crippen molar-refractivity contribution in [3.63, 3.8) is 0 Å². The molecule has 0 saturated heterocycles. The summed E-state index contributed by atoms with van der Waals surface area (Å²) in [5, 5.41) is 12.1. The Kier molecular flexibility index (Phi) is 6.39. The number of hydrogen-bond donors (Lipinski definition) is 1. The highest BCUT2D eigenvalue weighted by Crippen LogP contribution is 2.11. The van der Waals surface area contributed by atoms with Crippen molar-refractivity contribution in [2.75, 3.05) is 18.9 Å².